The normalized spacial score (nSPS) is 11.8. The van der Waals surface area contributed by atoms with Gasteiger partial charge in [0.15, 0.2) is 0 Å². The number of carbonyl (C=O) groups excluding carboxylic acids is 1. The number of nitrogens with zero attached hydrogens (tertiary/aromatic N) is 2. The summed E-state index contributed by atoms with van der Waals surface area (Å²) in [4.78, 5) is 19.2. The van der Waals surface area contributed by atoms with E-state index in [0.717, 1.165) is 45.7 Å². The highest BCUT2D eigenvalue weighted by atomic mass is 16.1. The van der Waals surface area contributed by atoms with E-state index in [1.54, 1.807) is 0 Å². The molecular formula is C19H21N5O. The summed E-state index contributed by atoms with van der Waals surface area (Å²) in [6.07, 6.45) is 2.85. The van der Waals surface area contributed by atoms with Crippen LogP contribution in [0.25, 0.3) is 32.7 Å². The molecule has 0 saturated heterocycles. The molecule has 3 N–H and O–H groups in total. The van der Waals surface area contributed by atoms with Gasteiger partial charge in [-0.15, -0.1) is 0 Å². The number of hydrogen-bond donors (Lipinski definition) is 3. The van der Waals surface area contributed by atoms with E-state index >= 15 is 0 Å². The van der Waals surface area contributed by atoms with Crippen molar-refractivity contribution in [1.29, 1.82) is 0 Å². The van der Waals surface area contributed by atoms with Crippen LogP contribution >= 0.6 is 0 Å². The molecule has 0 spiro atoms. The number of hydrogen-bond acceptors (Lipinski definition) is 3. The highest BCUT2D eigenvalue weighted by Crippen LogP contribution is 2.30. The van der Waals surface area contributed by atoms with Gasteiger partial charge in [-0.1, -0.05) is 18.2 Å². The number of carbonyl (C=O) groups is 1. The van der Waals surface area contributed by atoms with E-state index in [0.29, 0.717) is 12.1 Å². The Balaban J connectivity index is 1.63. The van der Waals surface area contributed by atoms with Crippen LogP contribution in [0, 0.1) is 0 Å². The summed E-state index contributed by atoms with van der Waals surface area (Å²) in [5.41, 5.74) is 3.41. The SMILES string of the molecule is CN(C)CCCNC(=O)c1ccc2c(c1)nc1c2ccc2c[nH][nH]c21. The van der Waals surface area contributed by atoms with Gasteiger partial charge in [0.2, 0.25) is 0 Å². The quantitative estimate of drug-likeness (QED) is 0.491. The first-order valence-electron chi connectivity index (χ1n) is 8.44. The molecule has 0 bridgehead atoms. The highest BCUT2D eigenvalue weighted by Gasteiger charge is 2.12. The van der Waals surface area contributed by atoms with Crippen LogP contribution in [0.3, 0.4) is 0 Å². The minimum Gasteiger partial charge on any atom is -0.352 e. The van der Waals surface area contributed by atoms with Crippen LogP contribution in [0.5, 0.6) is 0 Å². The number of fused-ring (bicyclic) bond motifs is 5. The number of benzene rings is 2. The molecule has 0 aliphatic rings. The van der Waals surface area contributed by atoms with Gasteiger partial charge < -0.3 is 15.3 Å². The van der Waals surface area contributed by atoms with Crippen molar-refractivity contribution in [3.8, 4) is 0 Å². The van der Waals surface area contributed by atoms with Crippen molar-refractivity contribution in [3.63, 3.8) is 0 Å². The fourth-order valence-electron chi connectivity index (χ4n) is 3.19. The van der Waals surface area contributed by atoms with Crippen LogP contribution in [0.2, 0.25) is 0 Å². The smallest absolute Gasteiger partial charge is 0.251 e. The van der Waals surface area contributed by atoms with E-state index in [-0.39, 0.29) is 5.91 Å². The zero-order chi connectivity index (χ0) is 17.4. The van der Waals surface area contributed by atoms with Crippen LogP contribution in [-0.4, -0.2) is 53.2 Å². The third kappa shape index (κ3) is 2.85. The Morgan fingerprint density at radius 1 is 1.20 bits per heavy atom. The van der Waals surface area contributed by atoms with Gasteiger partial charge in [0.25, 0.3) is 5.91 Å². The Hall–Kier alpha value is -2.86. The highest BCUT2D eigenvalue weighted by molar-refractivity contribution is 6.16. The predicted molar refractivity (Wildman–Crippen MR) is 101 cm³/mol. The summed E-state index contributed by atoms with van der Waals surface area (Å²) in [7, 11) is 4.06. The fourth-order valence-corrected chi connectivity index (χ4v) is 3.19. The van der Waals surface area contributed by atoms with Crippen LogP contribution in [0.15, 0.2) is 36.5 Å². The van der Waals surface area contributed by atoms with Gasteiger partial charge in [-0.05, 0) is 39.2 Å². The zero-order valence-electron chi connectivity index (χ0n) is 14.4. The molecule has 1 amide bonds. The number of aromatic nitrogens is 3. The van der Waals surface area contributed by atoms with Crippen molar-refractivity contribution in [2.24, 2.45) is 0 Å². The molecule has 25 heavy (non-hydrogen) atoms. The second-order valence-electron chi connectivity index (χ2n) is 6.60. The van der Waals surface area contributed by atoms with E-state index in [4.69, 9.17) is 4.98 Å². The number of nitrogens with one attached hydrogen (secondary N) is 3. The Bertz CT molecular complexity index is 1060. The first-order chi connectivity index (χ1) is 12.1. The van der Waals surface area contributed by atoms with Crippen LogP contribution < -0.4 is 5.32 Å². The molecule has 4 rings (SSSR count). The molecule has 6 heteroatoms. The molecular weight excluding hydrogens is 314 g/mol. The molecule has 0 unspecified atom stereocenters. The topological polar surface area (TPSA) is 76.8 Å². The van der Waals surface area contributed by atoms with Crippen molar-refractivity contribution >= 4 is 38.6 Å². The lowest BCUT2D eigenvalue weighted by atomic mass is 10.1. The Morgan fingerprint density at radius 3 is 2.88 bits per heavy atom. The molecule has 6 nitrogen and oxygen atoms in total. The molecule has 4 aromatic rings. The standard InChI is InChI=1S/C19H21N5O/c1-24(2)9-3-8-20-19(25)12-4-6-14-15-7-5-13-11-21-23-17(13)18(15)22-16(14)10-12/h4-7,10-11,21,23H,3,8-9H2,1-2H3,(H,20,25). The maximum atomic E-state index is 12.4. The first-order valence-corrected chi connectivity index (χ1v) is 8.44. The monoisotopic (exact) mass is 335 g/mol. The lowest BCUT2D eigenvalue weighted by Crippen LogP contribution is -2.27. The van der Waals surface area contributed by atoms with Crippen LogP contribution in [0.1, 0.15) is 16.8 Å². The van der Waals surface area contributed by atoms with Gasteiger partial charge >= 0.3 is 0 Å². The fraction of sp³-hybridized carbons (Fsp3) is 0.263. The average Bonchev–Trinajstić information content (AvgIpc) is 3.21. The maximum absolute atomic E-state index is 12.4. The third-order valence-corrected chi connectivity index (χ3v) is 4.49. The number of amides is 1. The summed E-state index contributed by atoms with van der Waals surface area (Å²) in [6.45, 7) is 1.63. The van der Waals surface area contributed by atoms with Gasteiger partial charge in [0.1, 0.15) is 0 Å². The van der Waals surface area contributed by atoms with Crippen molar-refractivity contribution in [2.45, 2.75) is 6.42 Å². The number of aromatic amines is 2. The Labute approximate surface area is 145 Å². The van der Waals surface area contributed by atoms with E-state index in [1.807, 2.05) is 38.5 Å². The van der Waals surface area contributed by atoms with Gasteiger partial charge in [-0.2, -0.15) is 0 Å². The number of rotatable bonds is 5. The molecule has 2 aromatic heterocycles. The first kappa shape index (κ1) is 15.7. The minimum atomic E-state index is -0.0499. The van der Waals surface area contributed by atoms with Crippen molar-refractivity contribution in [3.05, 3.63) is 42.1 Å². The number of H-pyrrole nitrogens is 2. The second-order valence-corrected chi connectivity index (χ2v) is 6.60. The van der Waals surface area contributed by atoms with Crippen molar-refractivity contribution in [1.82, 2.24) is 25.4 Å². The summed E-state index contributed by atoms with van der Waals surface area (Å²) in [5.74, 6) is -0.0499. The van der Waals surface area contributed by atoms with Gasteiger partial charge in [0, 0.05) is 34.5 Å². The lowest BCUT2D eigenvalue weighted by molar-refractivity contribution is 0.0952. The molecule has 0 saturated carbocycles. The Morgan fingerprint density at radius 2 is 2.04 bits per heavy atom. The van der Waals surface area contributed by atoms with Crippen LogP contribution in [-0.2, 0) is 0 Å². The van der Waals surface area contributed by atoms with Crippen LogP contribution in [0.4, 0.5) is 0 Å². The minimum absolute atomic E-state index is 0.0499. The Kier molecular flexibility index (Phi) is 3.89. The molecule has 2 heterocycles. The van der Waals surface area contributed by atoms with Crippen molar-refractivity contribution < 1.29 is 4.79 Å². The van der Waals surface area contributed by atoms with E-state index in [1.165, 1.54) is 0 Å². The summed E-state index contributed by atoms with van der Waals surface area (Å²) >= 11 is 0. The molecule has 0 aliphatic carbocycles. The molecule has 0 atom stereocenters. The molecule has 0 aliphatic heterocycles. The average molecular weight is 335 g/mol. The van der Waals surface area contributed by atoms with Gasteiger partial charge in [-0.3, -0.25) is 9.89 Å². The lowest BCUT2D eigenvalue weighted by Gasteiger charge is -2.09. The third-order valence-electron chi connectivity index (χ3n) is 4.49. The van der Waals surface area contributed by atoms with Crippen molar-refractivity contribution in [2.75, 3.05) is 27.2 Å². The molecule has 2 aromatic carbocycles. The van der Waals surface area contributed by atoms with Gasteiger partial charge in [0.05, 0.1) is 16.6 Å². The van der Waals surface area contributed by atoms with Gasteiger partial charge in [-0.25, -0.2) is 4.98 Å². The largest absolute Gasteiger partial charge is 0.352 e. The maximum Gasteiger partial charge on any atom is 0.251 e. The van der Waals surface area contributed by atoms with E-state index in [2.05, 4.69) is 32.5 Å². The van der Waals surface area contributed by atoms with E-state index in [9.17, 15) is 4.79 Å². The molecule has 0 radical (unpaired) electrons. The second kappa shape index (κ2) is 6.22. The zero-order valence-corrected chi connectivity index (χ0v) is 14.4. The molecule has 0 fully saturated rings. The summed E-state index contributed by atoms with van der Waals surface area (Å²) in [5, 5.41) is 12.4. The predicted octanol–water partition coefficient (Wildman–Crippen LogP) is 2.88. The molecule has 128 valence electrons. The van der Waals surface area contributed by atoms with E-state index < -0.39 is 0 Å². The summed E-state index contributed by atoms with van der Waals surface area (Å²) < 4.78 is 0. The summed E-state index contributed by atoms with van der Waals surface area (Å²) in [6, 6.07) is 9.87.